The summed E-state index contributed by atoms with van der Waals surface area (Å²) in [6, 6.07) is 35.5. The maximum absolute atomic E-state index is 14.2. The Kier molecular flexibility index (Phi) is 9.44. The van der Waals surface area contributed by atoms with E-state index < -0.39 is 47.6 Å². The van der Waals surface area contributed by atoms with Gasteiger partial charge in [0.25, 0.3) is 0 Å². The summed E-state index contributed by atoms with van der Waals surface area (Å²) in [6.07, 6.45) is -3.27. The van der Waals surface area contributed by atoms with E-state index in [0.717, 1.165) is 16.7 Å². The molecule has 48 heavy (non-hydrogen) atoms. The molecule has 4 atom stereocenters. The number of carbonyl (C=O) groups excluding carboxylic acids is 1. The summed E-state index contributed by atoms with van der Waals surface area (Å²) in [5, 5.41) is 21.7. The number of benzene rings is 4. The van der Waals surface area contributed by atoms with Crippen molar-refractivity contribution in [2.45, 2.75) is 36.4 Å². The lowest BCUT2D eigenvalue weighted by Crippen LogP contribution is -2.53. The minimum absolute atomic E-state index is 0.0302. The molecule has 11 nitrogen and oxygen atoms in total. The molecule has 1 aromatic heterocycles. The summed E-state index contributed by atoms with van der Waals surface area (Å²) < 4.78 is 14.2. The number of aliphatic hydroxyl groups excluding tert-OH is 1. The van der Waals surface area contributed by atoms with Gasteiger partial charge < -0.3 is 19.7 Å². The number of aromatic carboxylic acids is 1. The van der Waals surface area contributed by atoms with Gasteiger partial charge in [-0.05, 0) is 34.9 Å². The first kappa shape index (κ1) is 32.3. The van der Waals surface area contributed by atoms with Gasteiger partial charge in [-0.15, -0.1) is 0 Å². The number of nitrogens with zero attached hydrogens (tertiary/aromatic N) is 2. The van der Waals surface area contributed by atoms with Gasteiger partial charge in [0.1, 0.15) is 18.4 Å². The number of aliphatic hydroxyl groups is 1. The van der Waals surface area contributed by atoms with Crippen molar-refractivity contribution in [3.05, 3.63) is 166 Å². The van der Waals surface area contributed by atoms with Gasteiger partial charge in [-0.25, -0.2) is 19.9 Å². The number of carboxylic acids is 1. The molecule has 0 spiro atoms. The first-order valence-electron chi connectivity index (χ1n) is 15.3. The highest BCUT2D eigenvalue weighted by Gasteiger charge is 2.55. The lowest BCUT2D eigenvalue weighted by molar-refractivity contribution is -0.104. The van der Waals surface area contributed by atoms with Gasteiger partial charge in [0.2, 0.25) is 0 Å². The number of carbonyl (C=O) groups is 2. The Bertz CT molecular complexity index is 1840. The minimum Gasteiger partial charge on any atom is -0.478 e. The van der Waals surface area contributed by atoms with Crippen LogP contribution in [0.4, 0.5) is 5.82 Å². The van der Waals surface area contributed by atoms with Crippen molar-refractivity contribution in [1.82, 2.24) is 9.55 Å². The van der Waals surface area contributed by atoms with E-state index in [1.165, 1.54) is 42.1 Å². The Labute approximate surface area is 276 Å². The number of ether oxygens (including phenoxy) is 2. The van der Waals surface area contributed by atoms with Crippen molar-refractivity contribution in [2.75, 3.05) is 12.6 Å². The molecular formula is C37H33N3O8. The Morgan fingerprint density at radius 1 is 0.854 bits per heavy atom. The van der Waals surface area contributed by atoms with Gasteiger partial charge in [0, 0.05) is 12.6 Å². The number of esters is 1. The predicted molar refractivity (Wildman–Crippen MR) is 175 cm³/mol. The number of carboxylic acid groups (broad SMARTS) is 1. The highest BCUT2D eigenvalue weighted by atomic mass is 16.6. The van der Waals surface area contributed by atoms with Crippen LogP contribution in [0.5, 0.6) is 0 Å². The molecule has 244 valence electrons. The maximum atomic E-state index is 14.2. The van der Waals surface area contributed by atoms with E-state index in [4.69, 9.17) is 14.3 Å². The highest BCUT2D eigenvalue weighted by molar-refractivity contribution is 6.02. The van der Waals surface area contributed by atoms with E-state index in [1.807, 2.05) is 91.0 Å². The van der Waals surface area contributed by atoms with Crippen LogP contribution >= 0.6 is 0 Å². The van der Waals surface area contributed by atoms with Gasteiger partial charge in [0.05, 0.1) is 29.8 Å². The van der Waals surface area contributed by atoms with Crippen LogP contribution in [0.15, 0.2) is 132 Å². The number of aromatic nitrogens is 2. The minimum atomic E-state index is -1.30. The SMILES string of the molecule is CONc1ccn([C@H]2C[C@H](O)[C@@H](C(OC(=O)c3ccccc3C(=O)O)C(c3ccccc3)(c3ccccc3)c3ccccc3)O2)c(=O)n1. The molecule has 0 amide bonds. The predicted octanol–water partition coefficient (Wildman–Crippen LogP) is 4.82. The average molecular weight is 648 g/mol. The quantitative estimate of drug-likeness (QED) is 0.103. The molecule has 6 rings (SSSR count). The van der Waals surface area contributed by atoms with E-state index in [-0.39, 0.29) is 23.4 Å². The third kappa shape index (κ3) is 6.09. The fourth-order valence-corrected chi connectivity index (χ4v) is 6.44. The molecule has 5 aromatic rings. The normalized spacial score (nSPS) is 18.2. The van der Waals surface area contributed by atoms with Gasteiger partial charge >= 0.3 is 17.6 Å². The zero-order valence-corrected chi connectivity index (χ0v) is 25.9. The molecule has 1 fully saturated rings. The first-order chi connectivity index (χ1) is 23.3. The molecule has 0 saturated carbocycles. The number of hydrogen-bond donors (Lipinski definition) is 3. The molecule has 0 bridgehead atoms. The lowest BCUT2D eigenvalue weighted by Gasteiger charge is -2.44. The number of anilines is 1. The van der Waals surface area contributed by atoms with E-state index >= 15 is 0 Å². The zero-order valence-electron chi connectivity index (χ0n) is 25.9. The lowest BCUT2D eigenvalue weighted by atomic mass is 9.64. The second kappa shape index (κ2) is 14.0. The molecule has 1 saturated heterocycles. The van der Waals surface area contributed by atoms with Crippen molar-refractivity contribution in [2.24, 2.45) is 0 Å². The van der Waals surface area contributed by atoms with Crippen molar-refractivity contribution in [1.29, 1.82) is 0 Å². The van der Waals surface area contributed by atoms with E-state index in [9.17, 15) is 24.6 Å². The average Bonchev–Trinajstić information content (AvgIpc) is 3.50. The van der Waals surface area contributed by atoms with Gasteiger partial charge in [-0.3, -0.25) is 9.40 Å². The monoisotopic (exact) mass is 647 g/mol. The molecular weight excluding hydrogens is 614 g/mol. The molecule has 1 unspecified atom stereocenters. The molecule has 0 aliphatic carbocycles. The number of nitrogens with one attached hydrogen (secondary N) is 1. The molecule has 11 heteroatoms. The van der Waals surface area contributed by atoms with Crippen molar-refractivity contribution < 1.29 is 34.1 Å². The topological polar surface area (TPSA) is 149 Å². The Morgan fingerprint density at radius 2 is 1.38 bits per heavy atom. The Hall–Kier alpha value is -5.62. The van der Waals surface area contributed by atoms with Crippen LogP contribution in [0.1, 0.15) is 50.1 Å². The summed E-state index contributed by atoms with van der Waals surface area (Å²) in [7, 11) is 1.39. The van der Waals surface area contributed by atoms with Gasteiger partial charge in [0.15, 0.2) is 5.82 Å². The van der Waals surface area contributed by atoms with Crippen LogP contribution in [-0.2, 0) is 19.7 Å². The van der Waals surface area contributed by atoms with Gasteiger partial charge in [-0.1, -0.05) is 103 Å². The number of hydrogen-bond acceptors (Lipinski definition) is 9. The highest BCUT2D eigenvalue weighted by Crippen LogP contribution is 2.48. The van der Waals surface area contributed by atoms with Crippen molar-refractivity contribution in [3.8, 4) is 0 Å². The van der Waals surface area contributed by atoms with Gasteiger partial charge in [-0.2, -0.15) is 4.98 Å². The summed E-state index contributed by atoms with van der Waals surface area (Å²) >= 11 is 0. The van der Waals surface area contributed by atoms with E-state index in [2.05, 4.69) is 10.5 Å². The summed E-state index contributed by atoms with van der Waals surface area (Å²) in [5.74, 6) is -2.03. The fourth-order valence-electron chi connectivity index (χ4n) is 6.44. The van der Waals surface area contributed by atoms with Crippen LogP contribution < -0.4 is 11.2 Å². The van der Waals surface area contributed by atoms with Crippen molar-refractivity contribution >= 4 is 17.8 Å². The molecule has 3 N–H and O–H groups in total. The van der Waals surface area contributed by atoms with Crippen molar-refractivity contribution in [3.63, 3.8) is 0 Å². The van der Waals surface area contributed by atoms with E-state index in [0.29, 0.717) is 0 Å². The standard InChI is InChI=1S/C37H33N3O8/c1-46-39-30-21-22-40(36(45)38-30)31-23-29(41)32(47-31)33(48-35(44)28-20-12-11-19-27(28)34(42)43)37(24-13-5-2-6-14-24,25-15-7-3-8-16-25)26-17-9-4-10-18-26/h2-22,29,31-33,41H,23H2,1H3,(H,42,43)(H,38,39,45)/t29-,31+,32-,33?/m0/s1. The fraction of sp³-hybridized carbons (Fsp3) is 0.189. The second-order valence-electron chi connectivity index (χ2n) is 11.2. The first-order valence-corrected chi connectivity index (χ1v) is 15.3. The van der Waals surface area contributed by atoms with Crippen LogP contribution in [0.3, 0.4) is 0 Å². The zero-order chi connectivity index (χ0) is 33.7. The molecule has 1 aliphatic heterocycles. The largest absolute Gasteiger partial charge is 0.478 e. The molecule has 1 aliphatic rings. The second-order valence-corrected chi connectivity index (χ2v) is 11.2. The Balaban J connectivity index is 1.56. The Morgan fingerprint density at radius 3 is 1.88 bits per heavy atom. The molecule has 0 radical (unpaired) electrons. The van der Waals surface area contributed by atoms with Crippen LogP contribution in [0, 0.1) is 0 Å². The third-order valence-corrected chi connectivity index (χ3v) is 8.51. The molecule has 4 aromatic carbocycles. The van der Waals surface area contributed by atoms with Crippen LogP contribution in [0.2, 0.25) is 0 Å². The summed E-state index contributed by atoms with van der Waals surface area (Å²) in [6.45, 7) is 0. The summed E-state index contributed by atoms with van der Waals surface area (Å²) in [5.41, 5.74) is 2.33. The van der Waals surface area contributed by atoms with Crippen LogP contribution in [-0.4, -0.2) is 57.1 Å². The third-order valence-electron chi connectivity index (χ3n) is 8.51. The smallest absolute Gasteiger partial charge is 0.351 e. The maximum Gasteiger partial charge on any atom is 0.351 e. The molecule has 2 heterocycles. The van der Waals surface area contributed by atoms with Crippen LogP contribution in [0.25, 0.3) is 0 Å². The van der Waals surface area contributed by atoms with E-state index in [1.54, 1.807) is 6.07 Å². The number of rotatable bonds is 11. The summed E-state index contributed by atoms with van der Waals surface area (Å²) in [4.78, 5) is 48.2.